The first kappa shape index (κ1) is 16.2. The second kappa shape index (κ2) is 6.52. The molecular weight excluding hydrogens is 320 g/mol. The Morgan fingerprint density at radius 2 is 1.46 bits per heavy atom. The summed E-state index contributed by atoms with van der Waals surface area (Å²) in [7, 11) is 4.03. The first-order valence-electron chi connectivity index (χ1n) is 8.63. The van der Waals surface area contributed by atoms with Crippen molar-refractivity contribution in [3.8, 4) is 0 Å². The zero-order valence-electron chi connectivity index (χ0n) is 14.9. The third-order valence-corrected chi connectivity index (χ3v) is 4.60. The molecule has 0 radical (unpaired) electrons. The summed E-state index contributed by atoms with van der Waals surface area (Å²) in [6.07, 6.45) is 1.98. The van der Waals surface area contributed by atoms with Gasteiger partial charge in [-0.05, 0) is 42.0 Å². The number of nitrogens with zero attached hydrogens (tertiary/aromatic N) is 2. The standard InChI is InChI=1S/C23H20N2O/c1-24(2)18-14-12-17(13-15-18)16-21-20-10-6-7-11-22(20)25(23(21)26)19-8-4-3-5-9-19/h3-16H,1-2H3/b21-16+. The lowest BCUT2D eigenvalue weighted by atomic mass is 10.0. The van der Waals surface area contributed by atoms with Gasteiger partial charge in [0.25, 0.3) is 5.91 Å². The van der Waals surface area contributed by atoms with Crippen LogP contribution in [0.2, 0.25) is 0 Å². The first-order valence-corrected chi connectivity index (χ1v) is 8.63. The Morgan fingerprint density at radius 3 is 2.15 bits per heavy atom. The van der Waals surface area contributed by atoms with Crippen LogP contribution in [0.3, 0.4) is 0 Å². The second-order valence-electron chi connectivity index (χ2n) is 6.54. The summed E-state index contributed by atoms with van der Waals surface area (Å²) in [6.45, 7) is 0. The van der Waals surface area contributed by atoms with Gasteiger partial charge in [0.2, 0.25) is 0 Å². The number of rotatable bonds is 3. The van der Waals surface area contributed by atoms with Crippen molar-refractivity contribution in [2.24, 2.45) is 0 Å². The summed E-state index contributed by atoms with van der Waals surface area (Å²) in [5, 5.41) is 0. The van der Waals surface area contributed by atoms with Crippen LogP contribution in [0, 0.1) is 0 Å². The number of carbonyl (C=O) groups excluding carboxylic acids is 1. The molecule has 3 aromatic rings. The fraction of sp³-hybridized carbons (Fsp3) is 0.0870. The van der Waals surface area contributed by atoms with Gasteiger partial charge < -0.3 is 4.90 Å². The fourth-order valence-corrected chi connectivity index (χ4v) is 3.25. The molecular formula is C23H20N2O. The van der Waals surface area contributed by atoms with E-state index in [4.69, 9.17) is 0 Å². The average molecular weight is 340 g/mol. The van der Waals surface area contributed by atoms with E-state index >= 15 is 0 Å². The van der Waals surface area contributed by atoms with E-state index in [9.17, 15) is 4.79 Å². The van der Waals surface area contributed by atoms with Crippen molar-refractivity contribution in [2.75, 3.05) is 23.9 Å². The van der Waals surface area contributed by atoms with Crippen LogP contribution in [0.4, 0.5) is 17.1 Å². The van der Waals surface area contributed by atoms with E-state index in [-0.39, 0.29) is 5.91 Å². The van der Waals surface area contributed by atoms with E-state index in [0.717, 1.165) is 33.8 Å². The van der Waals surface area contributed by atoms with Gasteiger partial charge in [0.05, 0.1) is 11.3 Å². The highest BCUT2D eigenvalue weighted by molar-refractivity contribution is 6.37. The van der Waals surface area contributed by atoms with Gasteiger partial charge in [0, 0.05) is 31.0 Å². The molecule has 1 aliphatic rings. The van der Waals surface area contributed by atoms with Crippen molar-refractivity contribution in [3.63, 3.8) is 0 Å². The van der Waals surface area contributed by atoms with Gasteiger partial charge in [-0.3, -0.25) is 9.69 Å². The Hall–Kier alpha value is -3.33. The number of benzene rings is 3. The van der Waals surface area contributed by atoms with Gasteiger partial charge >= 0.3 is 0 Å². The first-order chi connectivity index (χ1) is 12.6. The van der Waals surface area contributed by atoms with Gasteiger partial charge in [-0.15, -0.1) is 0 Å². The Morgan fingerprint density at radius 1 is 0.808 bits per heavy atom. The molecule has 0 spiro atoms. The Kier molecular flexibility index (Phi) is 4.05. The van der Waals surface area contributed by atoms with Gasteiger partial charge in [-0.1, -0.05) is 48.5 Å². The third kappa shape index (κ3) is 2.78. The second-order valence-corrected chi connectivity index (χ2v) is 6.54. The van der Waals surface area contributed by atoms with E-state index in [1.807, 2.05) is 86.9 Å². The summed E-state index contributed by atoms with van der Waals surface area (Å²) in [6, 6.07) is 25.9. The number of carbonyl (C=O) groups is 1. The molecule has 0 aliphatic carbocycles. The van der Waals surface area contributed by atoms with Crippen LogP contribution in [0.25, 0.3) is 11.6 Å². The highest BCUT2D eigenvalue weighted by Gasteiger charge is 2.32. The molecule has 0 fully saturated rings. The lowest BCUT2D eigenvalue weighted by molar-refractivity contribution is -0.112. The lowest BCUT2D eigenvalue weighted by Crippen LogP contribution is -2.20. The molecule has 1 amide bonds. The van der Waals surface area contributed by atoms with Gasteiger partial charge in [0.1, 0.15) is 0 Å². The van der Waals surface area contributed by atoms with Crippen LogP contribution in [-0.4, -0.2) is 20.0 Å². The minimum Gasteiger partial charge on any atom is -0.378 e. The molecule has 3 nitrogen and oxygen atoms in total. The molecule has 0 atom stereocenters. The van der Waals surface area contributed by atoms with E-state index in [2.05, 4.69) is 17.0 Å². The highest BCUT2D eigenvalue weighted by Crippen LogP contribution is 2.41. The smallest absolute Gasteiger partial charge is 0.263 e. The molecule has 0 saturated heterocycles. The van der Waals surface area contributed by atoms with Crippen molar-refractivity contribution in [3.05, 3.63) is 90.0 Å². The largest absolute Gasteiger partial charge is 0.378 e. The number of amides is 1. The molecule has 0 bridgehead atoms. The number of para-hydroxylation sites is 2. The Balaban J connectivity index is 1.79. The van der Waals surface area contributed by atoms with Crippen LogP contribution in [0.15, 0.2) is 78.9 Å². The molecule has 0 N–H and O–H groups in total. The fourth-order valence-electron chi connectivity index (χ4n) is 3.25. The average Bonchev–Trinajstić information content (AvgIpc) is 2.95. The molecule has 0 saturated carbocycles. The van der Waals surface area contributed by atoms with E-state index in [1.165, 1.54) is 0 Å². The van der Waals surface area contributed by atoms with E-state index in [1.54, 1.807) is 4.90 Å². The molecule has 26 heavy (non-hydrogen) atoms. The van der Waals surface area contributed by atoms with E-state index < -0.39 is 0 Å². The maximum Gasteiger partial charge on any atom is 0.263 e. The Bertz CT molecular complexity index is 973. The summed E-state index contributed by atoms with van der Waals surface area (Å²) >= 11 is 0. The number of anilines is 3. The molecule has 4 rings (SSSR count). The van der Waals surface area contributed by atoms with Crippen LogP contribution in [0.1, 0.15) is 11.1 Å². The summed E-state index contributed by atoms with van der Waals surface area (Å²) in [5.74, 6) is 0.00841. The molecule has 1 aliphatic heterocycles. The third-order valence-electron chi connectivity index (χ3n) is 4.60. The summed E-state index contributed by atoms with van der Waals surface area (Å²) < 4.78 is 0. The maximum absolute atomic E-state index is 13.2. The van der Waals surface area contributed by atoms with Crippen LogP contribution < -0.4 is 9.80 Å². The molecule has 128 valence electrons. The zero-order valence-corrected chi connectivity index (χ0v) is 14.9. The lowest BCUT2D eigenvalue weighted by Gasteiger charge is -2.16. The van der Waals surface area contributed by atoms with Gasteiger partial charge in [-0.2, -0.15) is 0 Å². The molecule has 3 heteroatoms. The predicted molar refractivity (Wildman–Crippen MR) is 109 cm³/mol. The maximum atomic E-state index is 13.2. The predicted octanol–water partition coefficient (Wildman–Crippen LogP) is 4.97. The highest BCUT2D eigenvalue weighted by atomic mass is 16.2. The monoisotopic (exact) mass is 340 g/mol. The molecule has 0 aromatic heterocycles. The van der Waals surface area contributed by atoms with Crippen LogP contribution in [0.5, 0.6) is 0 Å². The van der Waals surface area contributed by atoms with Crippen molar-refractivity contribution in [2.45, 2.75) is 0 Å². The van der Waals surface area contributed by atoms with Crippen molar-refractivity contribution in [1.82, 2.24) is 0 Å². The number of hydrogen-bond donors (Lipinski definition) is 0. The minimum absolute atomic E-state index is 0.00841. The summed E-state index contributed by atoms with van der Waals surface area (Å²) in [4.78, 5) is 17.0. The SMILES string of the molecule is CN(C)c1ccc(/C=C2/C(=O)N(c3ccccc3)c3ccccc32)cc1. The van der Waals surface area contributed by atoms with Gasteiger partial charge in [-0.25, -0.2) is 0 Å². The van der Waals surface area contributed by atoms with E-state index in [0.29, 0.717) is 0 Å². The summed E-state index contributed by atoms with van der Waals surface area (Å²) in [5.41, 5.74) is 5.66. The van der Waals surface area contributed by atoms with Crippen LogP contribution in [-0.2, 0) is 4.79 Å². The molecule has 0 unspecified atom stereocenters. The zero-order chi connectivity index (χ0) is 18.1. The van der Waals surface area contributed by atoms with Crippen LogP contribution >= 0.6 is 0 Å². The van der Waals surface area contributed by atoms with Crippen molar-refractivity contribution in [1.29, 1.82) is 0 Å². The van der Waals surface area contributed by atoms with Crippen molar-refractivity contribution >= 4 is 34.6 Å². The van der Waals surface area contributed by atoms with Crippen molar-refractivity contribution < 1.29 is 4.79 Å². The number of hydrogen-bond acceptors (Lipinski definition) is 2. The molecule has 1 heterocycles. The molecule has 3 aromatic carbocycles. The minimum atomic E-state index is 0.00841. The normalized spacial score (nSPS) is 14.6. The topological polar surface area (TPSA) is 23.6 Å². The Labute approximate surface area is 153 Å². The quantitative estimate of drug-likeness (QED) is 0.628. The van der Waals surface area contributed by atoms with Gasteiger partial charge in [0.15, 0.2) is 0 Å². The number of fused-ring (bicyclic) bond motifs is 1.